The summed E-state index contributed by atoms with van der Waals surface area (Å²) in [5, 5.41) is 13.0. The highest BCUT2D eigenvalue weighted by molar-refractivity contribution is 6.34. The van der Waals surface area contributed by atoms with Crippen LogP contribution in [0.1, 0.15) is 10.4 Å². The van der Waals surface area contributed by atoms with E-state index >= 15 is 0 Å². The smallest absolute Gasteiger partial charge is 0.300 e. The van der Waals surface area contributed by atoms with Crippen molar-refractivity contribution >= 4 is 52.2 Å². The number of nitrogens with zero attached hydrogens (tertiary/aromatic N) is 3. The van der Waals surface area contributed by atoms with E-state index in [1.807, 2.05) is 0 Å². The monoisotopic (exact) mass is 346 g/mol. The number of benzene rings is 1. The Morgan fingerprint density at radius 2 is 1.95 bits per heavy atom. The molecule has 10 heteroatoms. The molecule has 0 aliphatic heterocycles. The molecule has 0 spiro atoms. The first-order valence-electron chi connectivity index (χ1n) is 5.33. The third-order valence-corrected chi connectivity index (χ3v) is 2.99. The summed E-state index contributed by atoms with van der Waals surface area (Å²) in [6.45, 7) is 0. The molecule has 0 fully saturated rings. The van der Waals surface area contributed by atoms with Crippen LogP contribution >= 0.6 is 34.8 Å². The van der Waals surface area contributed by atoms with Crippen molar-refractivity contribution in [1.29, 1.82) is 0 Å². The Morgan fingerprint density at radius 1 is 1.24 bits per heavy atom. The number of halogens is 3. The van der Waals surface area contributed by atoms with Gasteiger partial charge in [0.2, 0.25) is 5.28 Å². The molecule has 1 amide bonds. The molecule has 0 saturated carbocycles. The normalized spacial score (nSPS) is 10.2. The fraction of sp³-hybridized carbons (Fsp3) is 0. The minimum atomic E-state index is -0.768. The Bertz CT molecular complexity index is 718. The van der Waals surface area contributed by atoms with Crippen LogP contribution in [0.4, 0.5) is 11.5 Å². The number of aromatic nitrogens is 2. The van der Waals surface area contributed by atoms with Crippen LogP contribution in [0.2, 0.25) is 15.5 Å². The fourth-order valence-electron chi connectivity index (χ4n) is 1.52. The molecule has 2 aromatic rings. The van der Waals surface area contributed by atoms with E-state index in [1.54, 1.807) is 0 Å². The van der Waals surface area contributed by atoms with E-state index in [4.69, 9.17) is 34.8 Å². The van der Waals surface area contributed by atoms with E-state index in [2.05, 4.69) is 15.3 Å². The third-order valence-electron chi connectivity index (χ3n) is 2.32. The first-order chi connectivity index (χ1) is 9.88. The highest BCUT2D eigenvalue weighted by Gasteiger charge is 2.24. The molecule has 1 N–H and O–H groups in total. The van der Waals surface area contributed by atoms with Crippen LogP contribution in [-0.4, -0.2) is 20.8 Å². The van der Waals surface area contributed by atoms with Gasteiger partial charge in [-0.15, -0.1) is 0 Å². The fourth-order valence-corrected chi connectivity index (χ4v) is 2.17. The topological polar surface area (TPSA) is 98.0 Å². The van der Waals surface area contributed by atoms with Gasteiger partial charge in [-0.05, 0) is 23.7 Å². The maximum absolute atomic E-state index is 12.1. The van der Waals surface area contributed by atoms with E-state index in [0.29, 0.717) is 0 Å². The summed E-state index contributed by atoms with van der Waals surface area (Å²) in [4.78, 5) is 29.7. The molecule has 0 aliphatic rings. The van der Waals surface area contributed by atoms with E-state index in [0.717, 1.165) is 0 Å². The summed E-state index contributed by atoms with van der Waals surface area (Å²) < 4.78 is 0. The van der Waals surface area contributed by atoms with Crippen LogP contribution in [0.15, 0.2) is 24.3 Å². The zero-order valence-electron chi connectivity index (χ0n) is 10.0. The van der Waals surface area contributed by atoms with Crippen molar-refractivity contribution in [2.45, 2.75) is 0 Å². The molecule has 21 heavy (non-hydrogen) atoms. The van der Waals surface area contributed by atoms with Gasteiger partial charge in [0.05, 0.1) is 4.92 Å². The van der Waals surface area contributed by atoms with E-state index in [9.17, 15) is 14.9 Å². The van der Waals surface area contributed by atoms with E-state index in [-0.39, 0.29) is 26.8 Å². The molecule has 7 nitrogen and oxygen atoms in total. The van der Waals surface area contributed by atoms with Gasteiger partial charge in [-0.2, -0.15) is 0 Å². The number of hydrogen-bond donors (Lipinski definition) is 1. The molecule has 0 unspecified atom stereocenters. The lowest BCUT2D eigenvalue weighted by molar-refractivity contribution is -0.385. The van der Waals surface area contributed by atoms with Crippen molar-refractivity contribution < 1.29 is 9.72 Å². The maximum atomic E-state index is 12.1. The maximum Gasteiger partial charge on any atom is 0.300 e. The molecule has 0 bridgehead atoms. The number of para-hydroxylation sites is 1. The molecule has 0 aliphatic carbocycles. The van der Waals surface area contributed by atoms with Crippen LogP contribution in [0.5, 0.6) is 0 Å². The summed E-state index contributed by atoms with van der Waals surface area (Å²) >= 11 is 17.0. The SMILES string of the molecule is O=C(Nc1cc(Cl)nc(Cl)n1)c1cccc(Cl)c1[N+](=O)[O-]. The quantitative estimate of drug-likeness (QED) is 0.396. The van der Waals surface area contributed by atoms with Crippen molar-refractivity contribution in [2.75, 3.05) is 5.32 Å². The van der Waals surface area contributed by atoms with Gasteiger partial charge in [0.1, 0.15) is 21.6 Å². The zero-order valence-corrected chi connectivity index (χ0v) is 12.3. The second kappa shape index (κ2) is 6.21. The average Bonchev–Trinajstić information content (AvgIpc) is 2.36. The molecular formula is C11H5Cl3N4O3. The van der Waals surface area contributed by atoms with Crippen molar-refractivity contribution in [3.8, 4) is 0 Å². The van der Waals surface area contributed by atoms with Crippen LogP contribution in [0, 0.1) is 10.1 Å². The summed E-state index contributed by atoms with van der Waals surface area (Å²) in [5.41, 5.74) is -0.707. The average molecular weight is 348 g/mol. The third kappa shape index (κ3) is 3.57. The van der Waals surface area contributed by atoms with E-state index in [1.165, 1.54) is 24.3 Å². The molecule has 108 valence electrons. The van der Waals surface area contributed by atoms with Crippen LogP contribution in [-0.2, 0) is 0 Å². The van der Waals surface area contributed by atoms with Gasteiger partial charge in [-0.25, -0.2) is 9.97 Å². The second-order valence-electron chi connectivity index (χ2n) is 3.69. The predicted molar refractivity (Wildman–Crippen MR) is 78.1 cm³/mol. The van der Waals surface area contributed by atoms with Gasteiger partial charge in [0.15, 0.2) is 0 Å². The Balaban J connectivity index is 2.37. The number of nitrogens with one attached hydrogen (secondary N) is 1. The first-order valence-corrected chi connectivity index (χ1v) is 6.46. The summed E-state index contributed by atoms with van der Waals surface area (Å²) in [7, 11) is 0. The summed E-state index contributed by atoms with van der Waals surface area (Å²) in [6.07, 6.45) is 0. The van der Waals surface area contributed by atoms with Crippen LogP contribution in [0.3, 0.4) is 0 Å². The highest BCUT2D eigenvalue weighted by atomic mass is 35.5. The van der Waals surface area contributed by atoms with Gasteiger partial charge < -0.3 is 5.32 Å². The number of nitro benzene ring substituents is 1. The lowest BCUT2D eigenvalue weighted by atomic mass is 10.1. The Hall–Kier alpha value is -1.96. The lowest BCUT2D eigenvalue weighted by Crippen LogP contribution is -2.15. The molecule has 1 heterocycles. The summed E-state index contributed by atoms with van der Waals surface area (Å²) in [6, 6.07) is 5.25. The number of hydrogen-bond acceptors (Lipinski definition) is 5. The lowest BCUT2D eigenvalue weighted by Gasteiger charge is -2.06. The number of carbonyl (C=O) groups excluding carboxylic acids is 1. The Morgan fingerprint density at radius 3 is 2.57 bits per heavy atom. The highest BCUT2D eigenvalue weighted by Crippen LogP contribution is 2.28. The Labute approximate surface area is 133 Å². The molecule has 0 radical (unpaired) electrons. The molecule has 1 aromatic heterocycles. The van der Waals surface area contributed by atoms with Crippen molar-refractivity contribution in [2.24, 2.45) is 0 Å². The number of nitro groups is 1. The zero-order chi connectivity index (χ0) is 15.6. The largest absolute Gasteiger partial charge is 0.306 e. The van der Waals surface area contributed by atoms with Gasteiger partial charge in [-0.1, -0.05) is 29.3 Å². The predicted octanol–water partition coefficient (Wildman–Crippen LogP) is 3.60. The van der Waals surface area contributed by atoms with E-state index < -0.39 is 16.5 Å². The van der Waals surface area contributed by atoms with Crippen LogP contribution < -0.4 is 5.32 Å². The number of anilines is 1. The van der Waals surface area contributed by atoms with Crippen molar-refractivity contribution in [1.82, 2.24) is 9.97 Å². The number of rotatable bonds is 3. The first kappa shape index (κ1) is 15.4. The Kier molecular flexibility index (Phi) is 4.56. The molecule has 0 atom stereocenters. The standard InChI is InChI=1S/C11H5Cl3N4O3/c12-6-3-1-2-5(9(6)18(20)21)10(19)16-8-4-7(13)15-11(14)17-8/h1-4H,(H,15,16,17,19). The molecular weight excluding hydrogens is 343 g/mol. The second-order valence-corrected chi connectivity index (χ2v) is 4.82. The minimum absolute atomic E-state index is 0.0132. The number of carbonyl (C=O) groups is 1. The minimum Gasteiger partial charge on any atom is -0.306 e. The van der Waals surface area contributed by atoms with Gasteiger partial charge >= 0.3 is 5.69 Å². The summed E-state index contributed by atoms with van der Waals surface area (Å²) in [5.74, 6) is -0.755. The van der Waals surface area contributed by atoms with Gasteiger partial charge in [-0.3, -0.25) is 14.9 Å². The number of amides is 1. The molecule has 0 saturated heterocycles. The van der Waals surface area contributed by atoms with Gasteiger partial charge in [0, 0.05) is 6.07 Å². The molecule has 2 rings (SSSR count). The molecule has 1 aromatic carbocycles. The van der Waals surface area contributed by atoms with Crippen molar-refractivity contribution in [3.63, 3.8) is 0 Å². The van der Waals surface area contributed by atoms with Gasteiger partial charge in [0.25, 0.3) is 5.91 Å². The van der Waals surface area contributed by atoms with Crippen LogP contribution in [0.25, 0.3) is 0 Å². The van der Waals surface area contributed by atoms with Crippen molar-refractivity contribution in [3.05, 3.63) is 55.4 Å².